The predicted molar refractivity (Wildman–Crippen MR) is 133 cm³/mol. The molecule has 5 rings (SSSR count). The zero-order valence-electron chi connectivity index (χ0n) is 19.1. The van der Waals surface area contributed by atoms with Crippen LogP contribution in [0.4, 0.5) is 0 Å². The Morgan fingerprint density at radius 2 is 2.00 bits per heavy atom. The van der Waals surface area contributed by atoms with Gasteiger partial charge in [0.15, 0.2) is 5.82 Å². The van der Waals surface area contributed by atoms with E-state index in [9.17, 15) is 4.79 Å². The van der Waals surface area contributed by atoms with Crippen molar-refractivity contribution in [1.29, 1.82) is 0 Å². The molecule has 0 amide bonds. The number of aromatic nitrogens is 6. The maximum absolute atomic E-state index is 13.9. The molecule has 4 aromatic rings. The average molecular weight is 484 g/mol. The SMILES string of the molecule is CCCCn1nnnc1Cn1c(CN2CCC(C)CC2)nc2scc(-c3cccs3)c2c1=O. The molecule has 0 radical (unpaired) electrons. The number of aryl methyl sites for hydroxylation is 1. The van der Waals surface area contributed by atoms with E-state index >= 15 is 0 Å². The van der Waals surface area contributed by atoms with Gasteiger partial charge in [0.1, 0.15) is 10.7 Å². The molecule has 1 aliphatic rings. The van der Waals surface area contributed by atoms with Gasteiger partial charge < -0.3 is 0 Å². The summed E-state index contributed by atoms with van der Waals surface area (Å²) in [7, 11) is 0. The normalized spacial score (nSPS) is 15.6. The van der Waals surface area contributed by atoms with Crippen molar-refractivity contribution < 1.29 is 0 Å². The maximum atomic E-state index is 13.9. The van der Waals surface area contributed by atoms with Crippen molar-refractivity contribution in [3.05, 3.63) is 44.9 Å². The maximum Gasteiger partial charge on any atom is 0.263 e. The molecule has 8 nitrogen and oxygen atoms in total. The summed E-state index contributed by atoms with van der Waals surface area (Å²) in [6.45, 7) is 8.28. The molecule has 1 saturated heterocycles. The van der Waals surface area contributed by atoms with Gasteiger partial charge in [0.25, 0.3) is 5.56 Å². The first kappa shape index (κ1) is 22.4. The monoisotopic (exact) mass is 483 g/mol. The quantitative estimate of drug-likeness (QED) is 0.373. The van der Waals surface area contributed by atoms with Gasteiger partial charge in [0.05, 0.1) is 18.5 Å². The number of rotatable bonds is 8. The highest BCUT2D eigenvalue weighted by Crippen LogP contribution is 2.34. The number of hydrogen-bond donors (Lipinski definition) is 0. The van der Waals surface area contributed by atoms with Crippen molar-refractivity contribution >= 4 is 32.9 Å². The van der Waals surface area contributed by atoms with Crippen LogP contribution in [0.15, 0.2) is 27.7 Å². The van der Waals surface area contributed by atoms with Gasteiger partial charge in [-0.25, -0.2) is 9.67 Å². The summed E-state index contributed by atoms with van der Waals surface area (Å²) in [5, 5.41) is 17.1. The fraction of sp³-hybridized carbons (Fsp3) is 0.522. The number of piperidine rings is 1. The van der Waals surface area contributed by atoms with Gasteiger partial charge >= 0.3 is 0 Å². The van der Waals surface area contributed by atoms with Crippen LogP contribution in [0.1, 0.15) is 51.2 Å². The van der Waals surface area contributed by atoms with Gasteiger partial charge in [-0.3, -0.25) is 14.3 Å². The molecule has 174 valence electrons. The molecule has 5 heterocycles. The molecule has 0 N–H and O–H groups in total. The number of tetrazole rings is 1. The van der Waals surface area contributed by atoms with E-state index in [-0.39, 0.29) is 5.56 Å². The second kappa shape index (κ2) is 9.82. The van der Waals surface area contributed by atoms with Crippen molar-refractivity contribution in [2.75, 3.05) is 13.1 Å². The van der Waals surface area contributed by atoms with Crippen LogP contribution >= 0.6 is 22.7 Å². The highest BCUT2D eigenvalue weighted by atomic mass is 32.1. The number of unbranched alkanes of at least 4 members (excludes halogenated alkanes) is 1. The summed E-state index contributed by atoms with van der Waals surface area (Å²) in [5.41, 5.74) is 0.968. The first-order chi connectivity index (χ1) is 16.1. The van der Waals surface area contributed by atoms with Crippen LogP contribution in [0.5, 0.6) is 0 Å². The third kappa shape index (κ3) is 4.64. The zero-order chi connectivity index (χ0) is 22.8. The predicted octanol–water partition coefficient (Wildman–Crippen LogP) is 4.25. The Balaban J connectivity index is 1.57. The Labute approximate surface area is 200 Å². The molecule has 0 unspecified atom stereocenters. The van der Waals surface area contributed by atoms with Gasteiger partial charge in [-0.05, 0) is 60.1 Å². The molecule has 0 saturated carbocycles. The number of likely N-dealkylation sites (tertiary alicyclic amines) is 1. The topological polar surface area (TPSA) is 81.7 Å². The molecular formula is C23H29N7OS2. The number of thiophene rings is 2. The molecule has 10 heteroatoms. The van der Waals surface area contributed by atoms with E-state index in [4.69, 9.17) is 4.98 Å². The van der Waals surface area contributed by atoms with Gasteiger partial charge in [-0.15, -0.1) is 27.8 Å². The van der Waals surface area contributed by atoms with Gasteiger partial charge in [0.2, 0.25) is 0 Å². The molecule has 4 aromatic heterocycles. The van der Waals surface area contributed by atoms with Crippen molar-refractivity contribution in [3.8, 4) is 10.4 Å². The lowest BCUT2D eigenvalue weighted by molar-refractivity contribution is 0.179. The Morgan fingerprint density at radius 1 is 1.15 bits per heavy atom. The number of nitrogens with zero attached hydrogens (tertiary/aromatic N) is 7. The van der Waals surface area contributed by atoms with Gasteiger partial charge in [0, 0.05) is 22.4 Å². The summed E-state index contributed by atoms with van der Waals surface area (Å²) < 4.78 is 3.62. The molecule has 1 fully saturated rings. The summed E-state index contributed by atoms with van der Waals surface area (Å²) in [6.07, 6.45) is 4.42. The standard InChI is InChI=1S/C23H29N7OS2/c1-3-4-9-30-20(25-26-27-30)14-29-19(13-28-10-7-16(2)8-11-28)24-22-21(23(29)31)17(15-33-22)18-6-5-12-32-18/h5-6,12,15-16H,3-4,7-11,13-14H2,1-2H3. The summed E-state index contributed by atoms with van der Waals surface area (Å²) in [4.78, 5) is 23.2. The first-order valence-corrected chi connectivity index (χ1v) is 13.4. The number of hydrogen-bond acceptors (Lipinski definition) is 8. The lowest BCUT2D eigenvalue weighted by Gasteiger charge is -2.30. The smallest absolute Gasteiger partial charge is 0.263 e. The summed E-state index contributed by atoms with van der Waals surface area (Å²) >= 11 is 3.20. The molecule has 0 atom stereocenters. The van der Waals surface area contributed by atoms with Gasteiger partial charge in [-0.1, -0.05) is 26.3 Å². The molecule has 0 aliphatic carbocycles. The van der Waals surface area contributed by atoms with E-state index in [2.05, 4.69) is 45.7 Å². The van der Waals surface area contributed by atoms with Crippen molar-refractivity contribution in [3.63, 3.8) is 0 Å². The molecule has 0 spiro atoms. The third-order valence-corrected chi connectivity index (χ3v) is 8.21. The minimum absolute atomic E-state index is 0.00457. The number of fused-ring (bicyclic) bond motifs is 1. The minimum Gasteiger partial charge on any atom is -0.296 e. The lowest BCUT2D eigenvalue weighted by Crippen LogP contribution is -2.36. The van der Waals surface area contributed by atoms with Crippen molar-refractivity contribution in [2.45, 2.75) is 59.2 Å². The van der Waals surface area contributed by atoms with E-state index in [1.807, 2.05) is 16.1 Å². The van der Waals surface area contributed by atoms with Crippen molar-refractivity contribution in [1.82, 2.24) is 34.7 Å². The van der Waals surface area contributed by atoms with E-state index in [0.29, 0.717) is 24.3 Å². The Kier molecular flexibility index (Phi) is 6.66. The Morgan fingerprint density at radius 3 is 2.76 bits per heavy atom. The second-order valence-electron chi connectivity index (χ2n) is 8.86. The van der Waals surface area contributed by atoms with Crippen molar-refractivity contribution in [2.24, 2.45) is 5.92 Å². The lowest BCUT2D eigenvalue weighted by atomic mass is 9.99. The Bertz CT molecular complexity index is 1270. The molecule has 0 aromatic carbocycles. The van der Waals surface area contributed by atoms with E-state index in [1.54, 1.807) is 27.2 Å². The first-order valence-electron chi connectivity index (χ1n) is 11.7. The summed E-state index contributed by atoms with van der Waals surface area (Å²) in [5.74, 6) is 2.26. The third-order valence-electron chi connectivity index (χ3n) is 6.43. The highest BCUT2D eigenvalue weighted by Gasteiger charge is 2.22. The fourth-order valence-electron chi connectivity index (χ4n) is 4.34. The van der Waals surface area contributed by atoms with E-state index in [1.165, 1.54) is 12.8 Å². The minimum atomic E-state index is -0.00457. The van der Waals surface area contributed by atoms with Crippen LogP contribution in [-0.2, 0) is 19.6 Å². The fourth-order valence-corrected chi connectivity index (χ4v) is 6.11. The summed E-state index contributed by atoms with van der Waals surface area (Å²) in [6, 6.07) is 4.08. The molecule has 1 aliphatic heterocycles. The molecular weight excluding hydrogens is 454 g/mol. The van der Waals surface area contributed by atoms with Crippen LogP contribution in [0, 0.1) is 5.92 Å². The largest absolute Gasteiger partial charge is 0.296 e. The highest BCUT2D eigenvalue weighted by molar-refractivity contribution is 7.18. The Hall–Kier alpha value is -2.43. The molecule has 0 bridgehead atoms. The van der Waals surface area contributed by atoms with E-state index in [0.717, 1.165) is 59.5 Å². The van der Waals surface area contributed by atoms with Crippen LogP contribution in [-0.4, -0.2) is 47.7 Å². The second-order valence-corrected chi connectivity index (χ2v) is 10.7. The van der Waals surface area contributed by atoms with Gasteiger partial charge in [-0.2, -0.15) is 0 Å². The van der Waals surface area contributed by atoms with Crippen LogP contribution in [0.25, 0.3) is 20.7 Å². The van der Waals surface area contributed by atoms with E-state index < -0.39 is 0 Å². The average Bonchev–Trinajstić information content (AvgIpc) is 3.57. The zero-order valence-corrected chi connectivity index (χ0v) is 20.7. The van der Waals surface area contributed by atoms with Crippen LogP contribution in [0.3, 0.4) is 0 Å². The van der Waals surface area contributed by atoms with Crippen LogP contribution < -0.4 is 5.56 Å². The van der Waals surface area contributed by atoms with Crippen LogP contribution in [0.2, 0.25) is 0 Å². The molecule has 33 heavy (non-hydrogen) atoms.